The highest BCUT2D eigenvalue weighted by molar-refractivity contribution is 5.96. The predicted molar refractivity (Wildman–Crippen MR) is 95.6 cm³/mol. The number of nitrogens with zero attached hydrogens (tertiary/aromatic N) is 1. The van der Waals surface area contributed by atoms with Gasteiger partial charge >= 0.3 is 0 Å². The van der Waals surface area contributed by atoms with Crippen molar-refractivity contribution in [2.45, 2.75) is 19.3 Å². The van der Waals surface area contributed by atoms with Crippen LogP contribution in [0.5, 0.6) is 0 Å². The summed E-state index contributed by atoms with van der Waals surface area (Å²) in [5.74, 6) is 0.0536. The fourth-order valence-corrected chi connectivity index (χ4v) is 3.42. The van der Waals surface area contributed by atoms with Crippen LogP contribution in [0.4, 0.5) is 11.4 Å². The number of carbonyl (C=O) groups excluding carboxylic acids is 1. The number of nitrogens with one attached hydrogen (secondary N) is 2. The molecule has 23 heavy (non-hydrogen) atoms. The van der Waals surface area contributed by atoms with E-state index in [0.717, 1.165) is 31.7 Å². The van der Waals surface area contributed by atoms with Crippen LogP contribution in [0.15, 0.2) is 24.3 Å². The number of ether oxygens (including phenoxy) is 1. The van der Waals surface area contributed by atoms with E-state index in [2.05, 4.69) is 27.7 Å². The van der Waals surface area contributed by atoms with Crippen LogP contribution >= 0.6 is 12.4 Å². The highest BCUT2D eigenvalue weighted by atomic mass is 35.5. The van der Waals surface area contributed by atoms with Crippen molar-refractivity contribution in [3.63, 3.8) is 0 Å². The van der Waals surface area contributed by atoms with Gasteiger partial charge in [-0.15, -0.1) is 12.4 Å². The fourth-order valence-electron chi connectivity index (χ4n) is 3.42. The molecule has 0 spiro atoms. The van der Waals surface area contributed by atoms with Crippen molar-refractivity contribution in [3.8, 4) is 0 Å². The molecule has 0 bridgehead atoms. The van der Waals surface area contributed by atoms with Gasteiger partial charge in [0.05, 0.1) is 12.0 Å². The molecule has 0 saturated carbocycles. The lowest BCUT2D eigenvalue weighted by Gasteiger charge is -2.26. The molecule has 2 N–H and O–H groups in total. The number of halogens is 1. The highest BCUT2D eigenvalue weighted by Crippen LogP contribution is 2.29. The maximum atomic E-state index is 12.7. The lowest BCUT2D eigenvalue weighted by Crippen LogP contribution is -2.41. The number of anilines is 2. The van der Waals surface area contributed by atoms with Crippen molar-refractivity contribution in [2.24, 2.45) is 5.41 Å². The van der Waals surface area contributed by atoms with Crippen molar-refractivity contribution >= 4 is 29.7 Å². The molecule has 1 aromatic carbocycles. The summed E-state index contributed by atoms with van der Waals surface area (Å²) in [5.41, 5.74) is 1.62. The Balaban J connectivity index is 0.00000192. The van der Waals surface area contributed by atoms with Gasteiger partial charge in [-0.3, -0.25) is 4.79 Å². The maximum Gasteiger partial charge on any atom is 0.234 e. The van der Waals surface area contributed by atoms with Crippen molar-refractivity contribution in [3.05, 3.63) is 24.3 Å². The van der Waals surface area contributed by atoms with Crippen molar-refractivity contribution < 1.29 is 9.53 Å². The highest BCUT2D eigenvalue weighted by Gasteiger charge is 2.41. The van der Waals surface area contributed by atoms with E-state index in [0.29, 0.717) is 13.2 Å². The van der Waals surface area contributed by atoms with Gasteiger partial charge in [-0.25, -0.2) is 0 Å². The molecule has 3 rings (SSSR count). The zero-order valence-corrected chi connectivity index (χ0v) is 14.5. The monoisotopic (exact) mass is 339 g/mol. The molecule has 2 aliphatic rings. The first-order valence-electron chi connectivity index (χ1n) is 8.10. The summed E-state index contributed by atoms with van der Waals surface area (Å²) in [7, 11) is 1.65. The lowest BCUT2D eigenvalue weighted by atomic mass is 9.87. The summed E-state index contributed by atoms with van der Waals surface area (Å²) in [5, 5.41) is 6.36. The van der Waals surface area contributed by atoms with Gasteiger partial charge in [0.15, 0.2) is 0 Å². The van der Waals surface area contributed by atoms with Crippen LogP contribution in [0.3, 0.4) is 0 Å². The standard InChI is InChI=1S/C17H25N3O2.ClH/c1-22-13-17(7-8-18-12-17)16(21)19-14-5-4-6-15(11-14)20-9-2-3-10-20;/h4-6,11,18H,2-3,7-10,12-13H2,1H3,(H,19,21);1H. The molecule has 0 radical (unpaired) electrons. The van der Waals surface area contributed by atoms with E-state index in [1.807, 2.05) is 12.1 Å². The number of hydrogen-bond donors (Lipinski definition) is 2. The SMILES string of the molecule is COCC1(C(=O)Nc2cccc(N3CCCC3)c2)CCNC1.Cl. The number of rotatable bonds is 5. The molecule has 1 unspecified atom stereocenters. The first-order chi connectivity index (χ1) is 10.7. The van der Waals surface area contributed by atoms with Crippen LogP contribution in [0.1, 0.15) is 19.3 Å². The van der Waals surface area contributed by atoms with E-state index < -0.39 is 5.41 Å². The second kappa shape index (κ2) is 7.99. The van der Waals surface area contributed by atoms with Crippen LogP contribution in [-0.2, 0) is 9.53 Å². The Hall–Kier alpha value is -1.30. The zero-order valence-electron chi connectivity index (χ0n) is 13.6. The molecular formula is C17H26ClN3O2. The fraction of sp³-hybridized carbons (Fsp3) is 0.588. The van der Waals surface area contributed by atoms with Crippen LogP contribution < -0.4 is 15.5 Å². The van der Waals surface area contributed by atoms with Crippen molar-refractivity contribution in [1.29, 1.82) is 0 Å². The largest absolute Gasteiger partial charge is 0.384 e. The van der Waals surface area contributed by atoms with Gasteiger partial charge in [-0.1, -0.05) is 6.07 Å². The normalized spacial score (nSPS) is 23.6. The molecule has 2 heterocycles. The molecule has 128 valence electrons. The van der Waals surface area contributed by atoms with Crippen molar-refractivity contribution in [1.82, 2.24) is 5.32 Å². The predicted octanol–water partition coefficient (Wildman–Crippen LogP) is 2.27. The third kappa shape index (κ3) is 3.97. The van der Waals surface area contributed by atoms with Gasteiger partial charge < -0.3 is 20.3 Å². The van der Waals surface area contributed by atoms with E-state index in [9.17, 15) is 4.79 Å². The number of amides is 1. The first kappa shape index (κ1) is 18.0. The third-order valence-corrected chi connectivity index (χ3v) is 4.72. The Morgan fingerprint density at radius 3 is 2.83 bits per heavy atom. The summed E-state index contributed by atoms with van der Waals surface area (Å²) in [6, 6.07) is 8.16. The summed E-state index contributed by atoms with van der Waals surface area (Å²) in [6.07, 6.45) is 3.32. The van der Waals surface area contributed by atoms with E-state index in [1.165, 1.54) is 18.5 Å². The van der Waals surface area contributed by atoms with E-state index in [1.54, 1.807) is 7.11 Å². The van der Waals surface area contributed by atoms with Gasteiger partial charge in [0.1, 0.15) is 0 Å². The summed E-state index contributed by atoms with van der Waals surface area (Å²) in [6.45, 7) is 4.21. The van der Waals surface area contributed by atoms with Gasteiger partial charge in [0.2, 0.25) is 5.91 Å². The van der Waals surface area contributed by atoms with Gasteiger partial charge in [0.25, 0.3) is 0 Å². The average molecular weight is 340 g/mol. The number of hydrogen-bond acceptors (Lipinski definition) is 4. The maximum absolute atomic E-state index is 12.7. The minimum absolute atomic E-state index is 0. The Kier molecular flexibility index (Phi) is 6.27. The molecule has 0 aliphatic carbocycles. The molecule has 1 atom stereocenters. The summed E-state index contributed by atoms with van der Waals surface area (Å²) in [4.78, 5) is 15.1. The van der Waals surface area contributed by atoms with Crippen LogP contribution in [-0.4, -0.2) is 45.8 Å². The van der Waals surface area contributed by atoms with Crippen LogP contribution in [0.2, 0.25) is 0 Å². The summed E-state index contributed by atoms with van der Waals surface area (Å²) >= 11 is 0. The third-order valence-electron chi connectivity index (χ3n) is 4.72. The molecule has 1 amide bonds. The average Bonchev–Trinajstić information content (AvgIpc) is 3.20. The molecular weight excluding hydrogens is 314 g/mol. The van der Waals surface area contributed by atoms with Crippen molar-refractivity contribution in [2.75, 3.05) is 50.1 Å². The van der Waals surface area contributed by atoms with Gasteiger partial charge in [-0.05, 0) is 44.0 Å². The number of methoxy groups -OCH3 is 1. The Morgan fingerprint density at radius 2 is 2.17 bits per heavy atom. The van der Waals surface area contributed by atoms with Gasteiger partial charge in [-0.2, -0.15) is 0 Å². The van der Waals surface area contributed by atoms with Crippen LogP contribution in [0, 0.1) is 5.41 Å². The lowest BCUT2D eigenvalue weighted by molar-refractivity contribution is -0.127. The molecule has 2 saturated heterocycles. The van der Waals surface area contributed by atoms with Gasteiger partial charge in [0, 0.05) is 38.1 Å². The van der Waals surface area contributed by atoms with E-state index in [-0.39, 0.29) is 18.3 Å². The Morgan fingerprint density at radius 1 is 1.39 bits per heavy atom. The molecule has 6 heteroatoms. The quantitative estimate of drug-likeness (QED) is 0.864. The van der Waals surface area contributed by atoms with Crippen LogP contribution in [0.25, 0.3) is 0 Å². The minimum atomic E-state index is -0.446. The number of carbonyl (C=O) groups is 1. The van der Waals surface area contributed by atoms with E-state index >= 15 is 0 Å². The Labute approximate surface area is 144 Å². The molecule has 1 aromatic rings. The molecule has 2 fully saturated rings. The summed E-state index contributed by atoms with van der Waals surface area (Å²) < 4.78 is 5.28. The second-order valence-electron chi connectivity index (χ2n) is 6.34. The van der Waals surface area contributed by atoms with E-state index in [4.69, 9.17) is 4.74 Å². The number of benzene rings is 1. The molecule has 5 nitrogen and oxygen atoms in total. The Bertz CT molecular complexity index is 526. The first-order valence-corrected chi connectivity index (χ1v) is 8.10. The minimum Gasteiger partial charge on any atom is -0.384 e. The second-order valence-corrected chi connectivity index (χ2v) is 6.34. The topological polar surface area (TPSA) is 53.6 Å². The zero-order chi connectivity index (χ0) is 15.4. The molecule has 2 aliphatic heterocycles. The smallest absolute Gasteiger partial charge is 0.234 e. The molecule has 0 aromatic heterocycles.